The SMILES string of the molecule is CCOc1cc(/C=C2\SC(=S)N(C(C)(C)C)C2=O)ccc1O. The highest BCUT2D eigenvalue weighted by atomic mass is 32.2. The van der Waals surface area contributed by atoms with Crippen LogP contribution < -0.4 is 4.74 Å². The summed E-state index contributed by atoms with van der Waals surface area (Å²) in [4.78, 5) is 14.7. The topological polar surface area (TPSA) is 49.8 Å². The number of hydrogen-bond acceptors (Lipinski definition) is 5. The van der Waals surface area contributed by atoms with Crippen LogP contribution in [0, 0.1) is 0 Å². The van der Waals surface area contributed by atoms with Gasteiger partial charge in [0.15, 0.2) is 11.5 Å². The van der Waals surface area contributed by atoms with Crippen molar-refractivity contribution in [2.75, 3.05) is 6.61 Å². The van der Waals surface area contributed by atoms with Crippen LogP contribution in [0.15, 0.2) is 23.1 Å². The van der Waals surface area contributed by atoms with Gasteiger partial charge in [0.2, 0.25) is 0 Å². The maximum absolute atomic E-state index is 12.5. The van der Waals surface area contributed by atoms with Crippen molar-refractivity contribution in [1.29, 1.82) is 0 Å². The molecule has 1 aliphatic rings. The van der Waals surface area contributed by atoms with Crippen molar-refractivity contribution in [3.8, 4) is 11.5 Å². The van der Waals surface area contributed by atoms with Crippen LogP contribution in [-0.2, 0) is 4.79 Å². The molecule has 0 bridgehead atoms. The molecule has 1 heterocycles. The molecule has 1 saturated heterocycles. The van der Waals surface area contributed by atoms with Crippen molar-refractivity contribution in [2.24, 2.45) is 0 Å². The molecule has 1 fully saturated rings. The van der Waals surface area contributed by atoms with Gasteiger partial charge in [-0.1, -0.05) is 30.0 Å². The van der Waals surface area contributed by atoms with E-state index in [0.29, 0.717) is 21.6 Å². The Balaban J connectivity index is 2.33. The van der Waals surface area contributed by atoms with Gasteiger partial charge in [0.05, 0.1) is 11.5 Å². The molecule has 0 spiro atoms. The van der Waals surface area contributed by atoms with Gasteiger partial charge in [-0.25, -0.2) is 0 Å². The lowest BCUT2D eigenvalue weighted by molar-refractivity contribution is -0.125. The number of hydrogen-bond donors (Lipinski definition) is 1. The van der Waals surface area contributed by atoms with Gasteiger partial charge in [-0.3, -0.25) is 9.69 Å². The third-order valence-corrected chi connectivity index (χ3v) is 4.35. The molecule has 0 atom stereocenters. The standard InChI is InChI=1S/C16H19NO3S2/c1-5-20-12-8-10(6-7-11(12)18)9-13-14(19)17(15(21)22-13)16(2,3)4/h6-9,18H,5H2,1-4H3/b13-9-. The number of amides is 1. The van der Waals surface area contributed by atoms with Crippen LogP contribution >= 0.6 is 24.0 Å². The molecule has 0 aliphatic carbocycles. The molecular formula is C16H19NO3S2. The third-order valence-electron chi connectivity index (χ3n) is 3.05. The van der Waals surface area contributed by atoms with E-state index in [1.165, 1.54) is 11.8 Å². The molecular weight excluding hydrogens is 318 g/mol. The number of thiocarbonyl (C=S) groups is 1. The van der Waals surface area contributed by atoms with Gasteiger partial charge in [0.25, 0.3) is 5.91 Å². The van der Waals surface area contributed by atoms with Crippen LogP contribution in [0.3, 0.4) is 0 Å². The summed E-state index contributed by atoms with van der Waals surface area (Å²) in [7, 11) is 0. The van der Waals surface area contributed by atoms with Gasteiger partial charge in [-0.15, -0.1) is 0 Å². The van der Waals surface area contributed by atoms with Gasteiger partial charge < -0.3 is 9.84 Å². The number of carbonyl (C=O) groups is 1. The molecule has 2 rings (SSSR count). The largest absolute Gasteiger partial charge is 0.504 e. The zero-order valence-electron chi connectivity index (χ0n) is 13.0. The maximum Gasteiger partial charge on any atom is 0.266 e. The fourth-order valence-electron chi connectivity index (χ4n) is 2.09. The van der Waals surface area contributed by atoms with Gasteiger partial charge >= 0.3 is 0 Å². The Morgan fingerprint density at radius 2 is 2.09 bits per heavy atom. The molecule has 0 saturated carbocycles. The van der Waals surface area contributed by atoms with Gasteiger partial charge in [-0.2, -0.15) is 0 Å². The van der Waals surface area contributed by atoms with Crippen molar-refractivity contribution in [3.05, 3.63) is 28.7 Å². The van der Waals surface area contributed by atoms with E-state index >= 15 is 0 Å². The first-order valence-corrected chi connectivity index (χ1v) is 8.20. The first-order valence-electron chi connectivity index (χ1n) is 6.98. The lowest BCUT2D eigenvalue weighted by atomic mass is 10.1. The summed E-state index contributed by atoms with van der Waals surface area (Å²) in [6.07, 6.45) is 1.77. The van der Waals surface area contributed by atoms with Crippen molar-refractivity contribution in [2.45, 2.75) is 33.2 Å². The first-order chi connectivity index (χ1) is 10.2. The van der Waals surface area contributed by atoms with Crippen molar-refractivity contribution < 1.29 is 14.6 Å². The van der Waals surface area contributed by atoms with E-state index in [0.717, 1.165) is 5.56 Å². The van der Waals surface area contributed by atoms with E-state index < -0.39 is 0 Å². The number of carbonyl (C=O) groups excluding carboxylic acids is 1. The Labute approximate surface area is 140 Å². The fourth-order valence-corrected chi connectivity index (χ4v) is 3.73. The number of thioether (sulfide) groups is 1. The molecule has 1 aliphatic heterocycles. The van der Waals surface area contributed by atoms with Crippen LogP contribution in [0.2, 0.25) is 0 Å². The number of aromatic hydroxyl groups is 1. The fraction of sp³-hybridized carbons (Fsp3) is 0.375. The van der Waals surface area contributed by atoms with Gasteiger partial charge in [-0.05, 0) is 51.5 Å². The number of benzene rings is 1. The average molecular weight is 337 g/mol. The number of phenolic OH excluding ortho intramolecular Hbond substituents is 1. The van der Waals surface area contributed by atoms with Gasteiger partial charge in [0.1, 0.15) is 4.32 Å². The number of nitrogens with zero attached hydrogens (tertiary/aromatic N) is 1. The van der Waals surface area contributed by atoms with Crippen LogP contribution in [0.5, 0.6) is 11.5 Å². The summed E-state index contributed by atoms with van der Waals surface area (Å²) < 4.78 is 5.92. The molecule has 0 unspecified atom stereocenters. The molecule has 1 aromatic carbocycles. The van der Waals surface area contributed by atoms with Crippen LogP contribution in [-0.4, -0.2) is 32.4 Å². The minimum atomic E-state index is -0.345. The van der Waals surface area contributed by atoms with Gasteiger partial charge in [0, 0.05) is 5.54 Å². The maximum atomic E-state index is 12.5. The predicted octanol–water partition coefficient (Wildman–Crippen LogP) is 3.79. The molecule has 1 N–H and O–H groups in total. The predicted molar refractivity (Wildman–Crippen MR) is 94.0 cm³/mol. The highest BCUT2D eigenvalue weighted by molar-refractivity contribution is 8.26. The van der Waals surface area contributed by atoms with E-state index in [2.05, 4.69) is 0 Å². The minimum absolute atomic E-state index is 0.0845. The second-order valence-corrected chi connectivity index (χ2v) is 7.52. The number of phenols is 1. The quantitative estimate of drug-likeness (QED) is 0.672. The molecule has 6 heteroatoms. The Bertz CT molecular complexity index is 647. The van der Waals surface area contributed by atoms with Crippen molar-refractivity contribution >= 4 is 40.3 Å². The summed E-state index contributed by atoms with van der Waals surface area (Å²) in [5, 5.41) is 9.72. The summed E-state index contributed by atoms with van der Waals surface area (Å²) in [6, 6.07) is 5.01. The lowest BCUT2D eigenvalue weighted by Gasteiger charge is -2.30. The van der Waals surface area contributed by atoms with Crippen molar-refractivity contribution in [3.63, 3.8) is 0 Å². The first kappa shape index (κ1) is 16.8. The van der Waals surface area contributed by atoms with Crippen LogP contribution in [0.4, 0.5) is 0 Å². The highest BCUT2D eigenvalue weighted by Gasteiger charge is 2.38. The number of ether oxygens (including phenoxy) is 1. The molecule has 4 nitrogen and oxygen atoms in total. The second-order valence-electron chi connectivity index (χ2n) is 5.85. The van der Waals surface area contributed by atoms with Crippen molar-refractivity contribution in [1.82, 2.24) is 4.90 Å². The van der Waals surface area contributed by atoms with E-state index in [-0.39, 0.29) is 17.2 Å². The summed E-state index contributed by atoms with van der Waals surface area (Å²) in [5.41, 5.74) is 0.443. The van der Waals surface area contributed by atoms with E-state index in [4.69, 9.17) is 17.0 Å². The Morgan fingerprint density at radius 1 is 1.41 bits per heavy atom. The Morgan fingerprint density at radius 3 is 2.64 bits per heavy atom. The molecule has 1 amide bonds. The third kappa shape index (κ3) is 3.44. The smallest absolute Gasteiger partial charge is 0.266 e. The zero-order valence-corrected chi connectivity index (χ0v) is 14.7. The molecule has 118 valence electrons. The summed E-state index contributed by atoms with van der Waals surface area (Å²) in [5.74, 6) is 0.400. The van der Waals surface area contributed by atoms with E-state index in [1.807, 2.05) is 27.7 Å². The highest BCUT2D eigenvalue weighted by Crippen LogP contribution is 2.37. The van der Waals surface area contributed by atoms with Crippen LogP contribution in [0.1, 0.15) is 33.3 Å². The molecule has 1 aromatic rings. The van der Waals surface area contributed by atoms with E-state index in [9.17, 15) is 9.90 Å². The lowest BCUT2D eigenvalue weighted by Crippen LogP contribution is -2.44. The average Bonchev–Trinajstić information content (AvgIpc) is 2.68. The molecule has 22 heavy (non-hydrogen) atoms. The number of rotatable bonds is 3. The second kappa shape index (κ2) is 6.30. The Kier molecular flexibility index (Phi) is 4.82. The monoisotopic (exact) mass is 337 g/mol. The normalized spacial score (nSPS) is 17.5. The molecule has 0 aromatic heterocycles. The zero-order chi connectivity index (χ0) is 16.5. The Hall–Kier alpha value is -1.53. The van der Waals surface area contributed by atoms with Crippen LogP contribution in [0.25, 0.3) is 6.08 Å². The summed E-state index contributed by atoms with van der Waals surface area (Å²) in [6.45, 7) is 8.17. The minimum Gasteiger partial charge on any atom is -0.504 e. The molecule has 0 radical (unpaired) electrons. The summed E-state index contributed by atoms with van der Waals surface area (Å²) >= 11 is 6.60. The van der Waals surface area contributed by atoms with E-state index in [1.54, 1.807) is 29.2 Å².